The average Bonchev–Trinajstić information content (AvgIpc) is 3.32. The molecule has 11 nitrogen and oxygen atoms in total. The topological polar surface area (TPSA) is 120 Å². The van der Waals surface area contributed by atoms with Gasteiger partial charge in [0.05, 0.1) is 41.1 Å². The first kappa shape index (κ1) is 29.1. The molecule has 1 amide bonds. The van der Waals surface area contributed by atoms with Crippen LogP contribution in [0.15, 0.2) is 49.2 Å². The number of para-hydroxylation sites is 1. The minimum absolute atomic E-state index is 0.126. The summed E-state index contributed by atoms with van der Waals surface area (Å²) in [5.41, 5.74) is 1.94. The van der Waals surface area contributed by atoms with E-state index in [1.165, 1.54) is 12.5 Å². The zero-order valence-electron chi connectivity index (χ0n) is 24.1. The molecular weight excluding hydrogens is 560 g/mol. The van der Waals surface area contributed by atoms with Gasteiger partial charge in [-0.2, -0.15) is 5.10 Å². The molecule has 0 aliphatic carbocycles. The van der Waals surface area contributed by atoms with Crippen LogP contribution in [0.5, 0.6) is 5.88 Å². The lowest BCUT2D eigenvalue weighted by atomic mass is 10.1. The van der Waals surface area contributed by atoms with E-state index in [0.29, 0.717) is 47.2 Å². The van der Waals surface area contributed by atoms with Gasteiger partial charge in [-0.3, -0.25) is 14.7 Å². The fourth-order valence-electron chi connectivity index (χ4n) is 4.26. The molecule has 1 aliphatic rings. The van der Waals surface area contributed by atoms with Crippen LogP contribution in [0.25, 0.3) is 16.7 Å². The largest absolute Gasteiger partial charge is 0.462 e. The van der Waals surface area contributed by atoms with Crippen molar-refractivity contribution in [3.8, 4) is 11.6 Å². The molecule has 0 unspecified atom stereocenters. The molecule has 3 aromatic heterocycles. The summed E-state index contributed by atoms with van der Waals surface area (Å²) >= 11 is 6.41. The van der Waals surface area contributed by atoms with Gasteiger partial charge in [-0.05, 0) is 37.2 Å². The number of carbonyl (C=O) groups is 1. The number of hydrogen-bond donors (Lipinski definition) is 1. The molecule has 1 N–H and O–H groups in total. The minimum atomic E-state index is -1.89. The summed E-state index contributed by atoms with van der Waals surface area (Å²) in [4.78, 5) is 32.9. The van der Waals surface area contributed by atoms with Crippen LogP contribution in [0.1, 0.15) is 26.5 Å². The quantitative estimate of drug-likeness (QED) is 0.276. The Bertz CT molecular complexity index is 1530. The molecule has 0 spiro atoms. The number of nitrogens with one attached hydrogen (secondary N) is 1. The van der Waals surface area contributed by atoms with Crippen LogP contribution in [-0.4, -0.2) is 80.7 Å². The van der Waals surface area contributed by atoms with Crippen molar-refractivity contribution in [2.45, 2.75) is 58.0 Å². The molecule has 41 heavy (non-hydrogen) atoms. The normalized spacial score (nSPS) is 15.5. The fourth-order valence-corrected chi connectivity index (χ4v) is 5.81. The van der Waals surface area contributed by atoms with Crippen molar-refractivity contribution < 1.29 is 14.0 Å². The predicted molar refractivity (Wildman–Crippen MR) is 160 cm³/mol. The van der Waals surface area contributed by atoms with Gasteiger partial charge in [-0.1, -0.05) is 44.5 Å². The van der Waals surface area contributed by atoms with E-state index in [2.05, 4.69) is 69.1 Å². The van der Waals surface area contributed by atoms with E-state index >= 15 is 0 Å². The van der Waals surface area contributed by atoms with Crippen molar-refractivity contribution in [3.63, 3.8) is 0 Å². The Labute approximate surface area is 245 Å². The number of benzene rings is 1. The molecule has 1 aromatic carbocycles. The highest BCUT2D eigenvalue weighted by Crippen LogP contribution is 2.38. The second-order valence-corrected chi connectivity index (χ2v) is 16.9. The number of aromatic nitrogens is 6. The standard InChI is InChI=1S/C28H35ClN8O3Si/c1-18-11-31-24(13-30-18)35-26(38)23(16-36-14-19(15-36)40-41(5,6)28(2,3)4)39-27-20-12-34-37(25(20)32-17-33-27)22-10-8-7-9-21(22)29/h7-13,17,19,23H,14-16H2,1-6H3,(H,31,35,38)/t23-/m0/s1. The second kappa shape index (κ2) is 11.4. The van der Waals surface area contributed by atoms with E-state index in [-0.39, 0.29) is 22.9 Å². The van der Waals surface area contributed by atoms with E-state index < -0.39 is 14.4 Å². The van der Waals surface area contributed by atoms with Gasteiger partial charge in [-0.25, -0.2) is 19.6 Å². The predicted octanol–water partition coefficient (Wildman–Crippen LogP) is 4.66. The maximum absolute atomic E-state index is 13.5. The number of hydrogen-bond acceptors (Lipinski definition) is 9. The number of fused-ring (bicyclic) bond motifs is 1. The Kier molecular flexibility index (Phi) is 8.10. The lowest BCUT2D eigenvalue weighted by molar-refractivity contribution is -0.125. The zero-order chi connectivity index (χ0) is 29.4. The lowest BCUT2D eigenvalue weighted by Crippen LogP contribution is -2.60. The van der Waals surface area contributed by atoms with Crippen LogP contribution in [0.4, 0.5) is 5.82 Å². The molecule has 1 atom stereocenters. The number of anilines is 1. The first-order chi connectivity index (χ1) is 19.4. The van der Waals surface area contributed by atoms with Crippen molar-refractivity contribution in [3.05, 3.63) is 59.9 Å². The van der Waals surface area contributed by atoms with Crippen LogP contribution < -0.4 is 10.1 Å². The molecule has 1 fully saturated rings. The Morgan fingerprint density at radius 1 is 1.12 bits per heavy atom. The molecular formula is C28H35ClN8O3Si. The first-order valence-electron chi connectivity index (χ1n) is 13.5. The summed E-state index contributed by atoms with van der Waals surface area (Å²) in [6.45, 7) is 14.8. The summed E-state index contributed by atoms with van der Waals surface area (Å²) in [5, 5.41) is 8.52. The Hall–Kier alpha value is -3.45. The minimum Gasteiger partial charge on any atom is -0.462 e. The van der Waals surface area contributed by atoms with E-state index in [9.17, 15) is 4.79 Å². The summed E-state index contributed by atoms with van der Waals surface area (Å²) in [6.07, 6.45) is 5.35. The van der Waals surface area contributed by atoms with Crippen molar-refractivity contribution in [2.75, 3.05) is 25.0 Å². The number of halogens is 1. The smallest absolute Gasteiger partial charge is 0.268 e. The van der Waals surface area contributed by atoms with Crippen molar-refractivity contribution >= 4 is 42.7 Å². The van der Waals surface area contributed by atoms with Gasteiger partial charge in [0.15, 0.2) is 25.9 Å². The zero-order valence-corrected chi connectivity index (χ0v) is 25.9. The maximum atomic E-state index is 13.5. The van der Waals surface area contributed by atoms with Gasteiger partial charge >= 0.3 is 0 Å². The number of rotatable bonds is 9. The third kappa shape index (κ3) is 6.40. The SMILES string of the molecule is Cc1cnc(NC(=O)[C@H](CN2CC(O[Si](C)(C)C(C)(C)C)C2)Oc2ncnc3c2cnn3-c2ccccc2Cl)cn1. The highest BCUT2D eigenvalue weighted by atomic mass is 35.5. The van der Waals surface area contributed by atoms with Crippen molar-refractivity contribution in [1.82, 2.24) is 34.6 Å². The van der Waals surface area contributed by atoms with Gasteiger partial charge < -0.3 is 14.5 Å². The van der Waals surface area contributed by atoms with E-state index in [0.717, 1.165) is 5.69 Å². The number of amides is 1. The number of likely N-dealkylation sites (tertiary alicyclic amines) is 1. The molecule has 0 radical (unpaired) electrons. The van der Waals surface area contributed by atoms with Gasteiger partial charge in [0.25, 0.3) is 5.91 Å². The molecule has 13 heteroatoms. The monoisotopic (exact) mass is 594 g/mol. The second-order valence-electron chi connectivity index (χ2n) is 11.8. The lowest BCUT2D eigenvalue weighted by Gasteiger charge is -2.46. The third-order valence-electron chi connectivity index (χ3n) is 7.60. The molecule has 4 heterocycles. The van der Waals surface area contributed by atoms with Crippen molar-refractivity contribution in [1.29, 1.82) is 0 Å². The molecule has 5 rings (SSSR count). The Balaban J connectivity index is 1.36. The van der Waals surface area contributed by atoms with Gasteiger partial charge in [0, 0.05) is 19.6 Å². The fraction of sp³-hybridized carbons (Fsp3) is 0.429. The maximum Gasteiger partial charge on any atom is 0.268 e. The highest BCUT2D eigenvalue weighted by Gasteiger charge is 2.42. The summed E-state index contributed by atoms with van der Waals surface area (Å²) < 4.78 is 14.5. The Morgan fingerprint density at radius 2 is 1.88 bits per heavy atom. The van der Waals surface area contributed by atoms with Gasteiger partial charge in [0.2, 0.25) is 5.88 Å². The molecule has 0 saturated carbocycles. The third-order valence-corrected chi connectivity index (χ3v) is 12.5. The van der Waals surface area contributed by atoms with Gasteiger partial charge in [0.1, 0.15) is 11.7 Å². The van der Waals surface area contributed by atoms with Crippen LogP contribution in [0, 0.1) is 6.92 Å². The van der Waals surface area contributed by atoms with E-state index in [1.54, 1.807) is 23.1 Å². The number of ether oxygens (including phenoxy) is 1. The van der Waals surface area contributed by atoms with E-state index in [4.69, 9.17) is 20.8 Å². The number of aryl methyl sites for hydroxylation is 1. The molecule has 0 bridgehead atoms. The van der Waals surface area contributed by atoms with Crippen LogP contribution in [0.2, 0.25) is 23.2 Å². The van der Waals surface area contributed by atoms with E-state index in [1.807, 2.05) is 25.1 Å². The van der Waals surface area contributed by atoms with Crippen LogP contribution >= 0.6 is 11.6 Å². The molecule has 4 aromatic rings. The first-order valence-corrected chi connectivity index (χ1v) is 16.8. The van der Waals surface area contributed by atoms with Gasteiger partial charge in [-0.15, -0.1) is 0 Å². The Morgan fingerprint density at radius 3 is 2.56 bits per heavy atom. The summed E-state index contributed by atoms with van der Waals surface area (Å²) in [5.74, 6) is 0.233. The average molecular weight is 595 g/mol. The molecule has 1 aliphatic heterocycles. The summed E-state index contributed by atoms with van der Waals surface area (Å²) in [6, 6.07) is 7.35. The molecule has 1 saturated heterocycles. The number of nitrogens with zero attached hydrogens (tertiary/aromatic N) is 7. The van der Waals surface area contributed by atoms with Crippen LogP contribution in [-0.2, 0) is 9.22 Å². The highest BCUT2D eigenvalue weighted by molar-refractivity contribution is 6.74. The molecule has 216 valence electrons. The van der Waals surface area contributed by atoms with Crippen LogP contribution in [0.3, 0.4) is 0 Å². The number of carbonyl (C=O) groups excluding carboxylic acids is 1. The van der Waals surface area contributed by atoms with Crippen molar-refractivity contribution in [2.24, 2.45) is 0 Å². The summed E-state index contributed by atoms with van der Waals surface area (Å²) in [7, 11) is -1.89.